The summed E-state index contributed by atoms with van der Waals surface area (Å²) < 4.78 is 27.8. The second-order valence-electron chi connectivity index (χ2n) is 8.68. The standard InChI is InChI=1S/C24H30ClN3O3S/c1-27(23-13-10-18-8-4-5-9-20(18)23)17-24(29)26-22-16-19(11-12-21(22)25)32(30,31)28-14-6-2-3-7-15-28/h4-5,8-9,11-12,16,23H,2-3,6-7,10,13-15,17H2,1H3,(H,26,29)/t23-/m0/s1. The van der Waals surface area contributed by atoms with Crippen molar-refractivity contribution in [2.75, 3.05) is 32.0 Å². The normalized spacial score (nSPS) is 19.5. The number of carbonyl (C=O) groups is 1. The Balaban J connectivity index is 1.45. The van der Waals surface area contributed by atoms with E-state index in [0.717, 1.165) is 38.5 Å². The Bertz CT molecular complexity index is 1080. The summed E-state index contributed by atoms with van der Waals surface area (Å²) in [4.78, 5) is 15.0. The Labute approximate surface area is 195 Å². The zero-order valence-electron chi connectivity index (χ0n) is 18.4. The Morgan fingerprint density at radius 2 is 1.84 bits per heavy atom. The van der Waals surface area contributed by atoms with E-state index in [2.05, 4.69) is 17.4 Å². The Kier molecular flexibility index (Phi) is 7.20. The van der Waals surface area contributed by atoms with Crippen LogP contribution in [-0.2, 0) is 21.2 Å². The van der Waals surface area contributed by atoms with Gasteiger partial charge in [-0.15, -0.1) is 0 Å². The van der Waals surface area contributed by atoms with Gasteiger partial charge in [-0.2, -0.15) is 4.31 Å². The van der Waals surface area contributed by atoms with Crippen LogP contribution in [0.5, 0.6) is 0 Å². The van der Waals surface area contributed by atoms with Crippen LogP contribution in [0.3, 0.4) is 0 Å². The number of sulfonamides is 1. The van der Waals surface area contributed by atoms with Crippen LogP contribution >= 0.6 is 11.6 Å². The fourth-order valence-electron chi connectivity index (χ4n) is 4.71. The highest BCUT2D eigenvalue weighted by atomic mass is 35.5. The van der Waals surface area contributed by atoms with Gasteiger partial charge in [-0.1, -0.05) is 48.7 Å². The lowest BCUT2D eigenvalue weighted by Gasteiger charge is -2.25. The van der Waals surface area contributed by atoms with Crippen LogP contribution in [0, 0.1) is 0 Å². The molecule has 1 N–H and O–H groups in total. The molecule has 1 fully saturated rings. The van der Waals surface area contributed by atoms with Gasteiger partial charge in [0, 0.05) is 19.1 Å². The fourth-order valence-corrected chi connectivity index (χ4v) is 6.42. The topological polar surface area (TPSA) is 69.7 Å². The number of likely N-dealkylation sites (N-methyl/N-ethyl adjacent to an activating group) is 1. The third-order valence-electron chi connectivity index (χ3n) is 6.44. The van der Waals surface area contributed by atoms with Gasteiger partial charge in [0.05, 0.1) is 22.2 Å². The quantitative estimate of drug-likeness (QED) is 0.669. The maximum absolute atomic E-state index is 13.1. The highest BCUT2D eigenvalue weighted by Crippen LogP contribution is 2.35. The number of nitrogens with one attached hydrogen (secondary N) is 1. The smallest absolute Gasteiger partial charge is 0.243 e. The molecule has 0 spiro atoms. The molecule has 6 nitrogen and oxygen atoms in total. The molecule has 2 aliphatic rings. The molecule has 1 aliphatic carbocycles. The zero-order chi connectivity index (χ0) is 22.7. The van der Waals surface area contributed by atoms with Crippen LogP contribution in [0.1, 0.15) is 49.3 Å². The van der Waals surface area contributed by atoms with Crippen LogP contribution in [-0.4, -0.2) is 50.2 Å². The van der Waals surface area contributed by atoms with E-state index in [4.69, 9.17) is 11.6 Å². The van der Waals surface area contributed by atoms with Crippen molar-refractivity contribution in [3.63, 3.8) is 0 Å². The van der Waals surface area contributed by atoms with Crippen molar-refractivity contribution in [2.45, 2.75) is 49.5 Å². The summed E-state index contributed by atoms with van der Waals surface area (Å²) in [5.74, 6) is -0.219. The molecule has 0 bridgehead atoms. The molecular weight excluding hydrogens is 446 g/mol. The molecule has 1 aliphatic heterocycles. The van der Waals surface area contributed by atoms with Crippen LogP contribution in [0.2, 0.25) is 5.02 Å². The van der Waals surface area contributed by atoms with E-state index in [1.807, 2.05) is 24.1 Å². The van der Waals surface area contributed by atoms with Gasteiger partial charge < -0.3 is 5.32 Å². The maximum atomic E-state index is 13.1. The lowest BCUT2D eigenvalue weighted by Crippen LogP contribution is -2.33. The Hall–Kier alpha value is -1.93. The Morgan fingerprint density at radius 3 is 2.59 bits per heavy atom. The van der Waals surface area contributed by atoms with E-state index in [0.29, 0.717) is 23.8 Å². The SMILES string of the molecule is CN(CC(=O)Nc1cc(S(=O)(=O)N2CCCCCC2)ccc1Cl)[C@H]1CCc2ccccc21. The second-order valence-corrected chi connectivity index (χ2v) is 11.0. The van der Waals surface area contributed by atoms with Gasteiger partial charge in [-0.25, -0.2) is 8.42 Å². The van der Waals surface area contributed by atoms with Crippen molar-refractivity contribution >= 4 is 33.2 Å². The third kappa shape index (κ3) is 5.01. The van der Waals surface area contributed by atoms with Crippen molar-refractivity contribution in [3.05, 3.63) is 58.6 Å². The average molecular weight is 476 g/mol. The van der Waals surface area contributed by atoms with E-state index in [9.17, 15) is 13.2 Å². The predicted molar refractivity (Wildman–Crippen MR) is 127 cm³/mol. The van der Waals surface area contributed by atoms with Gasteiger partial charge >= 0.3 is 0 Å². The molecule has 0 aromatic heterocycles. The largest absolute Gasteiger partial charge is 0.324 e. The maximum Gasteiger partial charge on any atom is 0.243 e. The number of amides is 1. The Morgan fingerprint density at radius 1 is 1.12 bits per heavy atom. The number of hydrogen-bond donors (Lipinski definition) is 1. The number of carbonyl (C=O) groups excluding carboxylic acids is 1. The summed E-state index contributed by atoms with van der Waals surface area (Å²) in [5, 5.41) is 3.14. The average Bonchev–Trinajstić information content (AvgIpc) is 3.00. The molecule has 2 aromatic rings. The lowest BCUT2D eigenvalue weighted by molar-refractivity contribution is -0.117. The summed E-state index contributed by atoms with van der Waals surface area (Å²) in [7, 11) is -1.68. The molecule has 8 heteroatoms. The van der Waals surface area contributed by atoms with Crippen LogP contribution in [0.25, 0.3) is 0 Å². The lowest BCUT2D eigenvalue weighted by atomic mass is 10.1. The first-order valence-electron chi connectivity index (χ1n) is 11.2. The molecule has 0 unspecified atom stereocenters. The number of hydrogen-bond acceptors (Lipinski definition) is 4. The summed E-state index contributed by atoms with van der Waals surface area (Å²) in [6.07, 6.45) is 5.82. The van der Waals surface area contributed by atoms with Crippen molar-refractivity contribution in [2.24, 2.45) is 0 Å². The summed E-state index contributed by atoms with van der Waals surface area (Å²) >= 11 is 6.30. The predicted octanol–water partition coefficient (Wildman–Crippen LogP) is 4.46. The number of aryl methyl sites for hydroxylation is 1. The van der Waals surface area contributed by atoms with Crippen LogP contribution < -0.4 is 5.32 Å². The molecule has 1 heterocycles. The monoisotopic (exact) mass is 475 g/mol. The highest BCUT2D eigenvalue weighted by molar-refractivity contribution is 7.89. The number of rotatable bonds is 6. The first-order chi connectivity index (χ1) is 15.4. The van der Waals surface area contributed by atoms with Gasteiger partial charge in [-0.05, 0) is 62.1 Å². The molecule has 1 amide bonds. The van der Waals surface area contributed by atoms with Crippen molar-refractivity contribution in [3.8, 4) is 0 Å². The van der Waals surface area contributed by atoms with Crippen molar-refractivity contribution < 1.29 is 13.2 Å². The van der Waals surface area contributed by atoms with E-state index in [-0.39, 0.29) is 23.4 Å². The van der Waals surface area contributed by atoms with Crippen LogP contribution in [0.4, 0.5) is 5.69 Å². The molecule has 4 rings (SSSR count). The number of benzene rings is 2. The zero-order valence-corrected chi connectivity index (χ0v) is 20.0. The molecule has 1 saturated heterocycles. The van der Waals surface area contributed by atoms with Gasteiger partial charge in [0.2, 0.25) is 15.9 Å². The van der Waals surface area contributed by atoms with Crippen LogP contribution in [0.15, 0.2) is 47.4 Å². The minimum absolute atomic E-state index is 0.164. The molecule has 0 saturated carbocycles. The molecular formula is C24H30ClN3O3S. The first-order valence-corrected chi connectivity index (χ1v) is 13.1. The summed E-state index contributed by atoms with van der Waals surface area (Å²) in [6, 6.07) is 13.1. The van der Waals surface area contributed by atoms with E-state index < -0.39 is 10.0 Å². The third-order valence-corrected chi connectivity index (χ3v) is 8.67. The summed E-state index contributed by atoms with van der Waals surface area (Å²) in [5.41, 5.74) is 2.93. The number of anilines is 1. The number of fused-ring (bicyclic) bond motifs is 1. The fraction of sp³-hybridized carbons (Fsp3) is 0.458. The molecule has 2 aromatic carbocycles. The minimum Gasteiger partial charge on any atom is -0.324 e. The second kappa shape index (κ2) is 9.91. The molecule has 172 valence electrons. The molecule has 32 heavy (non-hydrogen) atoms. The number of halogens is 1. The van der Waals surface area contributed by atoms with Gasteiger partial charge in [0.15, 0.2) is 0 Å². The van der Waals surface area contributed by atoms with Gasteiger partial charge in [0.1, 0.15) is 0 Å². The van der Waals surface area contributed by atoms with E-state index in [1.54, 1.807) is 10.4 Å². The summed E-state index contributed by atoms with van der Waals surface area (Å²) in [6.45, 7) is 1.25. The van der Waals surface area contributed by atoms with Crippen molar-refractivity contribution in [1.82, 2.24) is 9.21 Å². The van der Waals surface area contributed by atoms with Gasteiger partial charge in [0.25, 0.3) is 0 Å². The molecule has 0 radical (unpaired) electrons. The van der Waals surface area contributed by atoms with Crippen molar-refractivity contribution in [1.29, 1.82) is 0 Å². The number of nitrogens with zero attached hydrogens (tertiary/aromatic N) is 2. The van der Waals surface area contributed by atoms with Gasteiger partial charge in [-0.3, -0.25) is 9.69 Å². The minimum atomic E-state index is -3.62. The first kappa shape index (κ1) is 23.2. The highest BCUT2D eigenvalue weighted by Gasteiger charge is 2.28. The van der Waals surface area contributed by atoms with E-state index in [1.165, 1.54) is 23.3 Å². The molecule has 1 atom stereocenters. The van der Waals surface area contributed by atoms with E-state index >= 15 is 0 Å².